The first kappa shape index (κ1) is 24.3. The molecule has 5 rings (SSSR count). The average Bonchev–Trinajstić information content (AvgIpc) is 3.53. The van der Waals surface area contributed by atoms with E-state index in [1.807, 2.05) is 29.4 Å². The summed E-state index contributed by atoms with van der Waals surface area (Å²) in [6, 6.07) is 12.8. The van der Waals surface area contributed by atoms with Gasteiger partial charge in [-0.2, -0.15) is 0 Å². The summed E-state index contributed by atoms with van der Waals surface area (Å²) in [6.07, 6.45) is 3.30. The summed E-state index contributed by atoms with van der Waals surface area (Å²) in [5, 5.41) is 2.52. The molecule has 8 nitrogen and oxygen atoms in total. The predicted molar refractivity (Wildman–Crippen MR) is 139 cm³/mol. The van der Waals surface area contributed by atoms with Gasteiger partial charge in [0.05, 0.1) is 10.4 Å². The van der Waals surface area contributed by atoms with Crippen LogP contribution in [-0.2, 0) is 14.8 Å². The Morgan fingerprint density at radius 3 is 2.64 bits per heavy atom. The van der Waals surface area contributed by atoms with Crippen LogP contribution in [0.4, 0.5) is 15.2 Å². The molecule has 1 saturated heterocycles. The van der Waals surface area contributed by atoms with Gasteiger partial charge in [0, 0.05) is 54.5 Å². The van der Waals surface area contributed by atoms with E-state index in [0.29, 0.717) is 35.7 Å². The van der Waals surface area contributed by atoms with Crippen molar-refractivity contribution in [3.8, 4) is 0 Å². The molecule has 2 aromatic heterocycles. The second-order valence-electron chi connectivity index (χ2n) is 8.83. The van der Waals surface area contributed by atoms with Gasteiger partial charge in [-0.05, 0) is 56.3 Å². The van der Waals surface area contributed by atoms with E-state index in [1.165, 1.54) is 17.4 Å². The van der Waals surface area contributed by atoms with Crippen LogP contribution in [0.3, 0.4) is 0 Å². The van der Waals surface area contributed by atoms with Crippen LogP contribution in [0, 0.1) is 5.82 Å². The van der Waals surface area contributed by atoms with E-state index >= 15 is 0 Å². The minimum absolute atomic E-state index is 0.0152. The molecule has 0 bridgehead atoms. The number of carbonyl (C=O) groups excluding carboxylic acids is 1. The number of piperazine rings is 1. The maximum Gasteiger partial charge on any atom is 0.263 e. The van der Waals surface area contributed by atoms with E-state index in [0.717, 1.165) is 5.69 Å². The molecule has 0 saturated carbocycles. The lowest BCUT2D eigenvalue weighted by Gasteiger charge is -2.42. The molecule has 3 heterocycles. The molecule has 1 N–H and O–H groups in total. The lowest BCUT2D eigenvalue weighted by molar-refractivity contribution is -0.136. The molecular formula is C25H26FN5O3S2. The zero-order chi connectivity index (χ0) is 25.4. The molecule has 0 aliphatic carbocycles. The van der Waals surface area contributed by atoms with Crippen molar-refractivity contribution in [3.63, 3.8) is 0 Å². The molecule has 11 heteroatoms. The zero-order valence-corrected chi connectivity index (χ0v) is 21.5. The fourth-order valence-corrected chi connectivity index (χ4v) is 6.44. The number of nitrogens with zero attached hydrogens (tertiary/aromatic N) is 4. The molecule has 188 valence electrons. The van der Waals surface area contributed by atoms with Crippen LogP contribution in [0.5, 0.6) is 0 Å². The molecular weight excluding hydrogens is 501 g/mol. The molecule has 0 spiro atoms. The number of aromatic nitrogens is 2. The third-order valence-electron chi connectivity index (χ3n) is 6.56. The molecule has 0 radical (unpaired) electrons. The number of carbonyl (C=O) groups is 1. The molecule has 1 aliphatic rings. The van der Waals surface area contributed by atoms with Gasteiger partial charge in [0.25, 0.3) is 10.0 Å². The Morgan fingerprint density at radius 2 is 1.94 bits per heavy atom. The highest BCUT2D eigenvalue weighted by atomic mass is 32.2. The van der Waals surface area contributed by atoms with Crippen molar-refractivity contribution >= 4 is 49.0 Å². The van der Waals surface area contributed by atoms with Gasteiger partial charge in [0.1, 0.15) is 11.9 Å². The van der Waals surface area contributed by atoms with Crippen molar-refractivity contribution in [2.75, 3.05) is 29.3 Å². The highest BCUT2D eigenvalue weighted by Gasteiger charge is 2.31. The van der Waals surface area contributed by atoms with Crippen LogP contribution in [0.2, 0.25) is 0 Å². The Bertz CT molecular complexity index is 1490. The number of fused-ring (bicyclic) bond motifs is 1. The number of thiazole rings is 1. The summed E-state index contributed by atoms with van der Waals surface area (Å²) < 4.78 is 43.6. The Kier molecular flexibility index (Phi) is 6.44. The molecule has 4 aromatic rings. The first-order chi connectivity index (χ1) is 17.2. The van der Waals surface area contributed by atoms with Gasteiger partial charge in [-0.3, -0.25) is 9.52 Å². The van der Waals surface area contributed by atoms with Gasteiger partial charge in [0.2, 0.25) is 5.91 Å². The third-order valence-corrected chi connectivity index (χ3v) is 8.73. The van der Waals surface area contributed by atoms with Crippen molar-refractivity contribution in [1.29, 1.82) is 0 Å². The van der Waals surface area contributed by atoms with Gasteiger partial charge in [-0.1, -0.05) is 6.07 Å². The summed E-state index contributed by atoms with van der Waals surface area (Å²) in [5.41, 5.74) is 1.59. The van der Waals surface area contributed by atoms with Gasteiger partial charge in [0.15, 0.2) is 5.13 Å². The van der Waals surface area contributed by atoms with Crippen molar-refractivity contribution in [3.05, 3.63) is 72.1 Å². The van der Waals surface area contributed by atoms with Crippen LogP contribution >= 0.6 is 11.3 Å². The van der Waals surface area contributed by atoms with Gasteiger partial charge < -0.3 is 14.4 Å². The highest BCUT2D eigenvalue weighted by molar-refractivity contribution is 7.93. The number of sulfonamides is 1. The Morgan fingerprint density at radius 1 is 1.17 bits per heavy atom. The lowest BCUT2D eigenvalue weighted by Crippen LogP contribution is -2.55. The van der Waals surface area contributed by atoms with Crippen molar-refractivity contribution in [2.45, 2.75) is 30.8 Å². The zero-order valence-electron chi connectivity index (χ0n) is 19.8. The normalized spacial score (nSPS) is 17.4. The SMILES string of the molecule is CC1CN(c2ccc(S(=O)(=O)Nc3nccs3)cc2)CCN1C(=O)[C@@H](C)n1ccc2c(F)cccc21. The fourth-order valence-electron chi connectivity index (χ4n) is 4.65. The minimum atomic E-state index is -3.71. The molecule has 2 atom stereocenters. The number of anilines is 2. The van der Waals surface area contributed by atoms with Crippen LogP contribution in [0.15, 0.2) is 71.2 Å². The third kappa shape index (κ3) is 4.56. The van der Waals surface area contributed by atoms with Crippen molar-refractivity contribution in [2.24, 2.45) is 0 Å². The second kappa shape index (κ2) is 9.55. The Balaban J connectivity index is 1.26. The smallest absolute Gasteiger partial charge is 0.263 e. The summed E-state index contributed by atoms with van der Waals surface area (Å²) >= 11 is 1.22. The predicted octanol–water partition coefficient (Wildman–Crippen LogP) is 4.34. The fraction of sp³-hybridized carbons (Fsp3) is 0.280. The number of amides is 1. The first-order valence-electron chi connectivity index (χ1n) is 11.6. The van der Waals surface area contributed by atoms with Gasteiger partial charge in [-0.25, -0.2) is 17.8 Å². The van der Waals surface area contributed by atoms with Crippen LogP contribution in [-0.4, -0.2) is 54.5 Å². The van der Waals surface area contributed by atoms with Crippen LogP contribution in [0.1, 0.15) is 19.9 Å². The maximum atomic E-state index is 14.1. The van der Waals surface area contributed by atoms with E-state index in [9.17, 15) is 17.6 Å². The minimum Gasteiger partial charge on any atom is -0.368 e. The van der Waals surface area contributed by atoms with Gasteiger partial charge in [-0.15, -0.1) is 11.3 Å². The molecule has 1 fully saturated rings. The number of hydrogen-bond acceptors (Lipinski definition) is 6. The molecule has 1 unspecified atom stereocenters. The van der Waals surface area contributed by atoms with Gasteiger partial charge >= 0.3 is 0 Å². The molecule has 1 aliphatic heterocycles. The van der Waals surface area contributed by atoms with Crippen LogP contribution in [0.25, 0.3) is 10.9 Å². The van der Waals surface area contributed by atoms with E-state index in [-0.39, 0.29) is 22.7 Å². The first-order valence-corrected chi connectivity index (χ1v) is 13.9. The number of nitrogens with one attached hydrogen (secondary N) is 1. The molecule has 36 heavy (non-hydrogen) atoms. The quantitative estimate of drug-likeness (QED) is 0.403. The summed E-state index contributed by atoms with van der Waals surface area (Å²) in [6.45, 7) is 5.60. The second-order valence-corrected chi connectivity index (χ2v) is 11.4. The average molecular weight is 528 g/mol. The Labute approximate surface area is 213 Å². The van der Waals surface area contributed by atoms with Crippen molar-refractivity contribution < 1.29 is 17.6 Å². The number of rotatable bonds is 6. The Hall–Kier alpha value is -3.44. The molecule has 1 amide bonds. The standard InChI is InChI=1S/C25H26FN5O3S2/c1-17-16-29(19-6-8-20(9-7-19)36(33,34)28-25-27-11-15-35-25)13-14-30(17)24(32)18(2)31-12-10-21-22(26)4-3-5-23(21)31/h3-12,15,17-18H,13-14,16H2,1-2H3,(H,27,28)/t17?,18-/m1/s1. The van der Waals surface area contributed by atoms with E-state index in [4.69, 9.17) is 0 Å². The summed E-state index contributed by atoms with van der Waals surface area (Å²) in [7, 11) is -3.71. The summed E-state index contributed by atoms with van der Waals surface area (Å²) in [5.74, 6) is -0.315. The lowest BCUT2D eigenvalue weighted by atomic mass is 10.1. The van der Waals surface area contributed by atoms with E-state index < -0.39 is 16.1 Å². The number of benzene rings is 2. The topological polar surface area (TPSA) is 87.5 Å². The van der Waals surface area contributed by atoms with E-state index in [2.05, 4.69) is 14.6 Å². The molecule has 2 aromatic carbocycles. The summed E-state index contributed by atoms with van der Waals surface area (Å²) in [4.78, 5) is 21.5. The maximum absolute atomic E-state index is 14.1. The monoisotopic (exact) mass is 527 g/mol. The highest BCUT2D eigenvalue weighted by Crippen LogP contribution is 2.27. The van der Waals surface area contributed by atoms with Crippen LogP contribution < -0.4 is 9.62 Å². The van der Waals surface area contributed by atoms with Crippen molar-refractivity contribution in [1.82, 2.24) is 14.5 Å². The largest absolute Gasteiger partial charge is 0.368 e. The number of hydrogen-bond donors (Lipinski definition) is 1. The van der Waals surface area contributed by atoms with E-state index in [1.54, 1.807) is 54.2 Å². The number of halogens is 1.